The number of aliphatic imine (C=N–C) groups is 1. The molecule has 3 nitrogen and oxygen atoms in total. The van der Waals surface area contributed by atoms with Gasteiger partial charge in [0.05, 0.1) is 17.2 Å². The van der Waals surface area contributed by atoms with Crippen LogP contribution in [-0.4, -0.2) is 35.5 Å². The lowest BCUT2D eigenvalue weighted by molar-refractivity contribution is -0.0753. The van der Waals surface area contributed by atoms with Crippen molar-refractivity contribution in [3.05, 3.63) is 0 Å². The topological polar surface area (TPSA) is 33.6 Å². The summed E-state index contributed by atoms with van der Waals surface area (Å²) < 4.78 is 6.96. The molecule has 3 aliphatic heterocycles. The molecule has 30 heavy (non-hydrogen) atoms. The van der Waals surface area contributed by atoms with E-state index in [1.54, 1.807) is 0 Å². The van der Waals surface area contributed by atoms with Gasteiger partial charge in [-0.1, -0.05) is 26.7 Å². The molecular weight excluding hydrogens is 368 g/mol. The standard InChI is InChI=1S/C27H44N2O/c1-18-17-26(19(2)24-22(30-26)8-6-16-28-24)14-11-21-9-10-23-25(3)13-5-4-7-20(25)12-15-27(21,23)29-18/h19-24,28H,4-17H2,1-3H3/t19-,20?,21+,22?,23-,24+,25+,26+,27-/m1/s1. The number of hydrogen-bond acceptors (Lipinski definition) is 3. The number of rotatable bonds is 0. The molecule has 0 radical (unpaired) electrons. The summed E-state index contributed by atoms with van der Waals surface area (Å²) in [6.45, 7) is 8.67. The quantitative estimate of drug-likeness (QED) is 0.536. The molecule has 2 spiro atoms. The minimum atomic E-state index is 0.0336. The van der Waals surface area contributed by atoms with Crippen LogP contribution in [-0.2, 0) is 4.74 Å². The maximum absolute atomic E-state index is 6.96. The van der Waals surface area contributed by atoms with Gasteiger partial charge in [-0.15, -0.1) is 0 Å². The first-order valence-corrected chi connectivity index (χ1v) is 13.4. The van der Waals surface area contributed by atoms with Crippen molar-refractivity contribution < 1.29 is 4.74 Å². The molecule has 1 N–H and O–H groups in total. The van der Waals surface area contributed by atoms with E-state index in [2.05, 4.69) is 26.1 Å². The number of nitrogens with one attached hydrogen (secondary N) is 1. The molecule has 3 heteroatoms. The molecule has 6 aliphatic rings. The summed E-state index contributed by atoms with van der Waals surface area (Å²) in [5.41, 5.74) is 2.27. The minimum Gasteiger partial charge on any atom is -0.369 e. The fourth-order valence-corrected chi connectivity index (χ4v) is 9.89. The van der Waals surface area contributed by atoms with Crippen LogP contribution in [0.25, 0.3) is 0 Å². The van der Waals surface area contributed by atoms with Crippen molar-refractivity contribution in [2.24, 2.45) is 34.1 Å². The summed E-state index contributed by atoms with van der Waals surface area (Å²) in [5, 5.41) is 3.81. The molecule has 9 atom stereocenters. The zero-order chi connectivity index (χ0) is 20.6. The summed E-state index contributed by atoms with van der Waals surface area (Å²) in [4.78, 5) is 5.77. The lowest BCUT2D eigenvalue weighted by Gasteiger charge is -2.57. The predicted molar refractivity (Wildman–Crippen MR) is 123 cm³/mol. The number of fused-ring (bicyclic) bond motifs is 3. The monoisotopic (exact) mass is 412 g/mol. The second-order valence-electron chi connectivity index (χ2n) is 12.5. The average molecular weight is 413 g/mol. The van der Waals surface area contributed by atoms with E-state index >= 15 is 0 Å². The van der Waals surface area contributed by atoms with E-state index < -0.39 is 0 Å². The van der Waals surface area contributed by atoms with E-state index in [4.69, 9.17) is 9.73 Å². The van der Waals surface area contributed by atoms with Crippen LogP contribution < -0.4 is 5.32 Å². The zero-order valence-corrected chi connectivity index (χ0v) is 19.7. The fourth-order valence-electron chi connectivity index (χ4n) is 9.89. The Balaban J connectivity index is 1.33. The summed E-state index contributed by atoms with van der Waals surface area (Å²) in [6, 6.07) is 0.563. The van der Waals surface area contributed by atoms with Crippen molar-refractivity contribution in [2.45, 2.75) is 128 Å². The highest BCUT2D eigenvalue weighted by Crippen LogP contribution is 2.66. The molecule has 0 amide bonds. The smallest absolute Gasteiger partial charge is 0.0780 e. The van der Waals surface area contributed by atoms with Gasteiger partial charge in [-0.25, -0.2) is 0 Å². The summed E-state index contributed by atoms with van der Waals surface area (Å²) in [7, 11) is 0. The minimum absolute atomic E-state index is 0.0336. The summed E-state index contributed by atoms with van der Waals surface area (Å²) in [6.07, 6.45) is 18.2. The van der Waals surface area contributed by atoms with Crippen molar-refractivity contribution in [2.75, 3.05) is 6.54 Å². The van der Waals surface area contributed by atoms with Crippen LogP contribution in [0.4, 0.5) is 0 Å². The molecule has 0 aromatic carbocycles. The zero-order valence-electron chi connectivity index (χ0n) is 19.7. The Morgan fingerprint density at radius 3 is 2.67 bits per heavy atom. The summed E-state index contributed by atoms with van der Waals surface area (Å²) in [5.74, 6) is 3.20. The first-order chi connectivity index (χ1) is 14.5. The number of ether oxygens (including phenoxy) is 1. The van der Waals surface area contributed by atoms with Gasteiger partial charge in [0.2, 0.25) is 0 Å². The highest BCUT2D eigenvalue weighted by Gasteiger charge is 2.63. The van der Waals surface area contributed by atoms with E-state index in [9.17, 15) is 0 Å². The molecule has 6 rings (SSSR count). The van der Waals surface area contributed by atoms with E-state index in [1.807, 2.05) is 0 Å². The normalized spacial score (nSPS) is 55.6. The molecule has 0 bridgehead atoms. The molecule has 168 valence electrons. The Labute approximate surface area is 184 Å². The molecule has 5 fully saturated rings. The maximum Gasteiger partial charge on any atom is 0.0780 e. The van der Waals surface area contributed by atoms with Crippen molar-refractivity contribution in [1.29, 1.82) is 0 Å². The maximum atomic E-state index is 6.96. The van der Waals surface area contributed by atoms with Crippen molar-refractivity contribution in [3.63, 3.8) is 0 Å². The molecule has 3 heterocycles. The van der Waals surface area contributed by atoms with E-state index in [1.165, 1.54) is 89.3 Å². The van der Waals surface area contributed by atoms with E-state index in [0.29, 0.717) is 23.5 Å². The van der Waals surface area contributed by atoms with Crippen LogP contribution in [0.5, 0.6) is 0 Å². The van der Waals surface area contributed by atoms with Crippen LogP contribution in [0.3, 0.4) is 0 Å². The molecule has 0 aromatic rings. The Morgan fingerprint density at radius 2 is 1.80 bits per heavy atom. The highest BCUT2D eigenvalue weighted by molar-refractivity contribution is 5.83. The van der Waals surface area contributed by atoms with Gasteiger partial charge in [-0.05, 0) is 101 Å². The van der Waals surface area contributed by atoms with Crippen LogP contribution >= 0.6 is 0 Å². The van der Waals surface area contributed by atoms with E-state index in [-0.39, 0.29) is 11.1 Å². The van der Waals surface area contributed by atoms with Gasteiger partial charge in [0.25, 0.3) is 0 Å². The van der Waals surface area contributed by atoms with Gasteiger partial charge in [0.15, 0.2) is 0 Å². The lowest BCUT2D eigenvalue weighted by Crippen LogP contribution is -2.55. The van der Waals surface area contributed by atoms with Crippen LogP contribution in [0, 0.1) is 29.1 Å². The molecule has 2 unspecified atom stereocenters. The number of piperidine rings is 1. The molecule has 0 aromatic heterocycles. The summed E-state index contributed by atoms with van der Waals surface area (Å²) >= 11 is 0. The number of nitrogens with zero attached hydrogens (tertiary/aromatic N) is 1. The first-order valence-electron chi connectivity index (χ1n) is 13.4. The largest absolute Gasteiger partial charge is 0.369 e. The Hall–Kier alpha value is -0.410. The molecule has 3 saturated carbocycles. The molecular formula is C27H44N2O. The second kappa shape index (κ2) is 7.04. The van der Waals surface area contributed by atoms with Gasteiger partial charge in [0.1, 0.15) is 0 Å². The molecule has 3 aliphatic carbocycles. The van der Waals surface area contributed by atoms with Gasteiger partial charge in [0, 0.05) is 24.1 Å². The van der Waals surface area contributed by atoms with Crippen molar-refractivity contribution in [3.8, 4) is 0 Å². The first kappa shape index (κ1) is 20.2. The SMILES string of the molecule is CC1=N[C@@]23CCC4CCCC[C@]4(C)[C@H]2CC[C@H]3CC[C@@]2(C1)OC1CCCN[C@H]1[C@H]2C. The Morgan fingerprint density at radius 1 is 0.933 bits per heavy atom. The Bertz CT molecular complexity index is 720. The third-order valence-corrected chi connectivity index (χ3v) is 11.3. The van der Waals surface area contributed by atoms with Crippen LogP contribution in [0.15, 0.2) is 4.99 Å². The third-order valence-electron chi connectivity index (χ3n) is 11.3. The van der Waals surface area contributed by atoms with Gasteiger partial charge in [-0.3, -0.25) is 4.99 Å². The predicted octanol–water partition coefficient (Wildman–Crippen LogP) is 5.91. The van der Waals surface area contributed by atoms with Gasteiger partial charge >= 0.3 is 0 Å². The van der Waals surface area contributed by atoms with E-state index in [0.717, 1.165) is 24.2 Å². The Kier molecular flexibility index (Phi) is 4.75. The van der Waals surface area contributed by atoms with Crippen LogP contribution in [0.2, 0.25) is 0 Å². The average Bonchev–Trinajstić information content (AvgIpc) is 3.21. The lowest BCUT2D eigenvalue weighted by atomic mass is 9.50. The third kappa shape index (κ3) is 2.73. The van der Waals surface area contributed by atoms with Crippen molar-refractivity contribution >= 4 is 5.71 Å². The molecule has 2 saturated heterocycles. The van der Waals surface area contributed by atoms with Gasteiger partial charge < -0.3 is 10.1 Å². The fraction of sp³-hybridized carbons (Fsp3) is 0.963. The number of hydrogen-bond donors (Lipinski definition) is 1. The highest BCUT2D eigenvalue weighted by atomic mass is 16.5. The van der Waals surface area contributed by atoms with Gasteiger partial charge in [-0.2, -0.15) is 0 Å². The van der Waals surface area contributed by atoms with Crippen LogP contribution in [0.1, 0.15) is 104 Å². The second-order valence-corrected chi connectivity index (χ2v) is 12.5. The van der Waals surface area contributed by atoms with Crippen molar-refractivity contribution in [1.82, 2.24) is 5.32 Å².